The fourth-order valence-electron chi connectivity index (χ4n) is 1.82. The minimum atomic E-state index is 0.233. The summed E-state index contributed by atoms with van der Waals surface area (Å²) in [6.45, 7) is 2.01. The third-order valence-corrected chi connectivity index (χ3v) is 2.77. The standard InChI is InChI=1S/C14H19N3O/c1-11(15)6-5-9-14-16-13(17-18-14)10-12-7-3-2-4-8-12/h2-4,7-8,11H,5-6,9-10,15H2,1H3. The Bertz CT molecular complexity index is 465. The van der Waals surface area contributed by atoms with E-state index in [0.29, 0.717) is 5.89 Å². The van der Waals surface area contributed by atoms with E-state index in [1.54, 1.807) is 0 Å². The molecule has 1 unspecified atom stereocenters. The van der Waals surface area contributed by atoms with Crippen LogP contribution in [-0.4, -0.2) is 16.2 Å². The van der Waals surface area contributed by atoms with Gasteiger partial charge in [0.1, 0.15) is 0 Å². The van der Waals surface area contributed by atoms with Gasteiger partial charge in [-0.15, -0.1) is 0 Å². The topological polar surface area (TPSA) is 64.9 Å². The second-order valence-electron chi connectivity index (χ2n) is 4.64. The Morgan fingerprint density at radius 3 is 2.78 bits per heavy atom. The Morgan fingerprint density at radius 2 is 2.06 bits per heavy atom. The molecule has 0 aliphatic carbocycles. The van der Waals surface area contributed by atoms with E-state index >= 15 is 0 Å². The summed E-state index contributed by atoms with van der Waals surface area (Å²) in [7, 11) is 0. The SMILES string of the molecule is CC(N)CCCc1nc(Cc2ccccc2)no1. The molecule has 0 fully saturated rings. The van der Waals surface area contributed by atoms with Crippen LogP contribution < -0.4 is 5.73 Å². The summed E-state index contributed by atoms with van der Waals surface area (Å²) in [6, 6.07) is 10.4. The summed E-state index contributed by atoms with van der Waals surface area (Å²) in [5, 5.41) is 3.99. The van der Waals surface area contributed by atoms with Crippen LogP contribution in [0, 0.1) is 0 Å². The Kier molecular flexibility index (Phi) is 4.47. The third kappa shape index (κ3) is 3.96. The summed E-state index contributed by atoms with van der Waals surface area (Å²) >= 11 is 0. The van der Waals surface area contributed by atoms with E-state index in [9.17, 15) is 0 Å². The van der Waals surface area contributed by atoms with Crippen molar-refractivity contribution in [2.24, 2.45) is 5.73 Å². The first-order valence-corrected chi connectivity index (χ1v) is 6.35. The molecule has 18 heavy (non-hydrogen) atoms. The average molecular weight is 245 g/mol. The van der Waals surface area contributed by atoms with E-state index in [0.717, 1.165) is 31.5 Å². The Morgan fingerprint density at radius 1 is 1.28 bits per heavy atom. The fourth-order valence-corrected chi connectivity index (χ4v) is 1.82. The fraction of sp³-hybridized carbons (Fsp3) is 0.429. The van der Waals surface area contributed by atoms with E-state index in [4.69, 9.17) is 10.3 Å². The highest BCUT2D eigenvalue weighted by atomic mass is 16.5. The van der Waals surface area contributed by atoms with Gasteiger partial charge in [-0.25, -0.2) is 0 Å². The summed E-state index contributed by atoms with van der Waals surface area (Å²) < 4.78 is 5.22. The number of rotatable bonds is 6. The molecule has 1 aromatic heterocycles. The van der Waals surface area contributed by atoms with E-state index < -0.39 is 0 Å². The second-order valence-corrected chi connectivity index (χ2v) is 4.64. The lowest BCUT2D eigenvalue weighted by Crippen LogP contribution is -2.14. The van der Waals surface area contributed by atoms with Crippen molar-refractivity contribution in [3.8, 4) is 0 Å². The quantitative estimate of drug-likeness (QED) is 0.848. The lowest BCUT2D eigenvalue weighted by Gasteiger charge is -2.00. The molecular formula is C14H19N3O. The molecule has 4 nitrogen and oxygen atoms in total. The first kappa shape index (κ1) is 12.8. The molecule has 0 aliphatic rings. The maximum Gasteiger partial charge on any atom is 0.226 e. The molecule has 0 radical (unpaired) electrons. The van der Waals surface area contributed by atoms with E-state index in [1.165, 1.54) is 5.56 Å². The van der Waals surface area contributed by atoms with Gasteiger partial charge in [-0.2, -0.15) is 4.98 Å². The zero-order valence-corrected chi connectivity index (χ0v) is 10.7. The lowest BCUT2D eigenvalue weighted by molar-refractivity contribution is 0.368. The van der Waals surface area contributed by atoms with Crippen molar-refractivity contribution in [1.82, 2.24) is 10.1 Å². The highest BCUT2D eigenvalue weighted by molar-refractivity contribution is 5.18. The number of benzene rings is 1. The Balaban J connectivity index is 1.86. The zero-order chi connectivity index (χ0) is 12.8. The number of hydrogen-bond acceptors (Lipinski definition) is 4. The van der Waals surface area contributed by atoms with Crippen molar-refractivity contribution in [2.75, 3.05) is 0 Å². The number of nitrogens with zero attached hydrogens (tertiary/aromatic N) is 2. The second kappa shape index (κ2) is 6.31. The first-order valence-electron chi connectivity index (χ1n) is 6.35. The summed E-state index contributed by atoms with van der Waals surface area (Å²) in [4.78, 5) is 4.38. The molecule has 0 saturated heterocycles. The number of aryl methyl sites for hydroxylation is 1. The predicted molar refractivity (Wildman–Crippen MR) is 70.1 cm³/mol. The van der Waals surface area contributed by atoms with Gasteiger partial charge in [-0.05, 0) is 25.3 Å². The highest BCUT2D eigenvalue weighted by Gasteiger charge is 2.07. The number of hydrogen-bond donors (Lipinski definition) is 1. The molecule has 1 heterocycles. The van der Waals surface area contributed by atoms with Crippen LogP contribution in [-0.2, 0) is 12.8 Å². The maximum absolute atomic E-state index is 5.70. The van der Waals surface area contributed by atoms with Gasteiger partial charge in [0.05, 0.1) is 0 Å². The van der Waals surface area contributed by atoms with Crippen LogP contribution in [0.2, 0.25) is 0 Å². The maximum atomic E-state index is 5.70. The molecule has 96 valence electrons. The van der Waals surface area contributed by atoms with E-state index in [2.05, 4.69) is 22.3 Å². The summed E-state index contributed by atoms with van der Waals surface area (Å²) in [5.74, 6) is 1.46. The van der Waals surface area contributed by atoms with Crippen LogP contribution in [0.15, 0.2) is 34.9 Å². The molecule has 0 aliphatic heterocycles. The highest BCUT2D eigenvalue weighted by Crippen LogP contribution is 2.08. The molecule has 0 saturated carbocycles. The molecule has 0 spiro atoms. The minimum Gasteiger partial charge on any atom is -0.339 e. The van der Waals surface area contributed by atoms with Gasteiger partial charge in [0.2, 0.25) is 5.89 Å². The van der Waals surface area contributed by atoms with E-state index in [1.807, 2.05) is 25.1 Å². The molecule has 2 N–H and O–H groups in total. The minimum absolute atomic E-state index is 0.233. The van der Waals surface area contributed by atoms with Gasteiger partial charge >= 0.3 is 0 Å². The average Bonchev–Trinajstić information content (AvgIpc) is 2.78. The van der Waals surface area contributed by atoms with Crippen molar-refractivity contribution in [1.29, 1.82) is 0 Å². The van der Waals surface area contributed by atoms with Crippen LogP contribution in [0.3, 0.4) is 0 Å². The zero-order valence-electron chi connectivity index (χ0n) is 10.7. The lowest BCUT2D eigenvalue weighted by atomic mass is 10.1. The monoisotopic (exact) mass is 245 g/mol. The van der Waals surface area contributed by atoms with Gasteiger partial charge in [-0.1, -0.05) is 35.5 Å². The van der Waals surface area contributed by atoms with Gasteiger partial charge in [-0.3, -0.25) is 0 Å². The smallest absolute Gasteiger partial charge is 0.226 e. The van der Waals surface area contributed by atoms with Crippen molar-refractivity contribution in [2.45, 2.75) is 38.6 Å². The summed E-state index contributed by atoms with van der Waals surface area (Å²) in [6.07, 6.45) is 3.50. The van der Waals surface area contributed by atoms with Crippen LogP contribution in [0.25, 0.3) is 0 Å². The first-order chi connectivity index (χ1) is 8.74. The van der Waals surface area contributed by atoms with Gasteiger partial charge < -0.3 is 10.3 Å². The normalized spacial score (nSPS) is 12.6. The molecule has 1 aromatic carbocycles. The molecule has 4 heteroatoms. The summed E-state index contributed by atoms with van der Waals surface area (Å²) in [5.41, 5.74) is 6.89. The van der Waals surface area contributed by atoms with Gasteiger partial charge in [0.25, 0.3) is 0 Å². The molecule has 2 rings (SSSR count). The van der Waals surface area contributed by atoms with Crippen molar-refractivity contribution in [3.63, 3.8) is 0 Å². The van der Waals surface area contributed by atoms with Gasteiger partial charge in [0.15, 0.2) is 5.82 Å². The Labute approximate surface area is 107 Å². The predicted octanol–water partition coefficient (Wildman–Crippen LogP) is 2.33. The van der Waals surface area contributed by atoms with Crippen molar-refractivity contribution < 1.29 is 4.52 Å². The molecule has 0 bridgehead atoms. The molecule has 2 aromatic rings. The third-order valence-electron chi connectivity index (χ3n) is 2.77. The van der Waals surface area contributed by atoms with Crippen molar-refractivity contribution >= 4 is 0 Å². The largest absolute Gasteiger partial charge is 0.339 e. The van der Waals surface area contributed by atoms with Crippen molar-refractivity contribution in [3.05, 3.63) is 47.6 Å². The van der Waals surface area contributed by atoms with Gasteiger partial charge in [0, 0.05) is 18.9 Å². The van der Waals surface area contributed by atoms with Crippen LogP contribution in [0.5, 0.6) is 0 Å². The molecule has 1 atom stereocenters. The molecule has 0 amide bonds. The van der Waals surface area contributed by atoms with Crippen LogP contribution >= 0.6 is 0 Å². The van der Waals surface area contributed by atoms with E-state index in [-0.39, 0.29) is 6.04 Å². The Hall–Kier alpha value is -1.68. The number of nitrogens with two attached hydrogens (primary N) is 1. The van der Waals surface area contributed by atoms with Crippen LogP contribution in [0.1, 0.15) is 37.0 Å². The molecular weight excluding hydrogens is 226 g/mol. The number of aromatic nitrogens is 2. The van der Waals surface area contributed by atoms with Crippen LogP contribution in [0.4, 0.5) is 0 Å².